The van der Waals surface area contributed by atoms with Crippen LogP contribution < -0.4 is 10.6 Å². The van der Waals surface area contributed by atoms with Crippen molar-refractivity contribution in [2.75, 3.05) is 18.0 Å². The summed E-state index contributed by atoms with van der Waals surface area (Å²) in [5.74, 6) is 0. The van der Waals surface area contributed by atoms with Gasteiger partial charge in [0.1, 0.15) is 6.10 Å². The molecule has 0 radical (unpaired) electrons. The normalized spacial score (nSPS) is 20.5. The molecule has 0 bridgehead atoms. The Bertz CT molecular complexity index is 379. The second-order valence-corrected chi connectivity index (χ2v) is 3.69. The first-order chi connectivity index (χ1) is 7.20. The summed E-state index contributed by atoms with van der Waals surface area (Å²) in [5, 5.41) is 0. The van der Waals surface area contributed by atoms with Crippen LogP contribution in [-0.2, 0) is 4.74 Å². The van der Waals surface area contributed by atoms with E-state index in [-0.39, 0.29) is 12.2 Å². The number of hydrogen-bond acceptors (Lipinski definition) is 3. The molecule has 1 atom stereocenters. The highest BCUT2D eigenvalue weighted by Gasteiger charge is 2.31. The number of carbonyl (C=O) groups is 1. The van der Waals surface area contributed by atoms with Gasteiger partial charge in [-0.25, -0.2) is 4.79 Å². The number of hydrogen-bond donors (Lipinski definition) is 1. The van der Waals surface area contributed by atoms with Gasteiger partial charge >= 0.3 is 6.09 Å². The molecule has 1 heterocycles. The van der Waals surface area contributed by atoms with Crippen LogP contribution in [0.5, 0.6) is 0 Å². The Morgan fingerprint density at radius 2 is 2.40 bits per heavy atom. The van der Waals surface area contributed by atoms with E-state index in [2.05, 4.69) is 0 Å². The number of nitrogens with two attached hydrogens (primary N) is 1. The molecule has 1 aromatic carbocycles. The third-order valence-electron chi connectivity index (χ3n) is 2.45. The first kappa shape index (κ1) is 9.98. The summed E-state index contributed by atoms with van der Waals surface area (Å²) in [4.78, 5) is 13.1. The Morgan fingerprint density at radius 1 is 1.60 bits per heavy atom. The first-order valence-corrected chi connectivity index (χ1v) is 4.95. The molecule has 2 N–H and O–H groups in total. The van der Waals surface area contributed by atoms with Crippen molar-refractivity contribution < 1.29 is 9.53 Å². The maximum atomic E-state index is 11.5. The minimum atomic E-state index is -0.309. The van der Waals surface area contributed by atoms with Gasteiger partial charge in [-0.15, -0.1) is 0 Å². The fourth-order valence-corrected chi connectivity index (χ4v) is 1.65. The third kappa shape index (κ3) is 1.94. The van der Waals surface area contributed by atoms with E-state index in [0.717, 1.165) is 11.3 Å². The Labute approximate surface area is 88.6 Å². The second-order valence-electron chi connectivity index (χ2n) is 3.69. The van der Waals surface area contributed by atoms with E-state index in [1.165, 1.54) is 0 Å². The van der Waals surface area contributed by atoms with Crippen molar-refractivity contribution in [1.82, 2.24) is 0 Å². The molecule has 4 heteroatoms. The summed E-state index contributed by atoms with van der Waals surface area (Å²) >= 11 is 0. The molecule has 4 nitrogen and oxygen atoms in total. The minimum Gasteiger partial charge on any atom is -0.443 e. The Hall–Kier alpha value is -1.55. The van der Waals surface area contributed by atoms with Crippen molar-refractivity contribution in [1.29, 1.82) is 0 Å². The number of anilines is 1. The average Bonchev–Trinajstić information content (AvgIpc) is 2.60. The SMILES string of the molecule is Cc1cccc(N2C[C@@H](CN)OC2=O)c1. The fourth-order valence-electron chi connectivity index (χ4n) is 1.65. The van der Waals surface area contributed by atoms with Gasteiger partial charge in [-0.05, 0) is 24.6 Å². The maximum Gasteiger partial charge on any atom is 0.414 e. The summed E-state index contributed by atoms with van der Waals surface area (Å²) in [6.07, 6.45) is -0.492. The van der Waals surface area contributed by atoms with Crippen LogP contribution in [0.25, 0.3) is 0 Å². The standard InChI is InChI=1S/C11H14N2O2/c1-8-3-2-4-9(5-8)13-7-10(6-12)15-11(13)14/h2-5,10H,6-7,12H2,1H3/t10-/m1/s1. The number of nitrogens with zero attached hydrogens (tertiary/aromatic N) is 1. The zero-order chi connectivity index (χ0) is 10.8. The van der Waals surface area contributed by atoms with E-state index in [4.69, 9.17) is 10.5 Å². The molecule has 1 aliphatic rings. The average molecular weight is 206 g/mol. The number of benzene rings is 1. The van der Waals surface area contributed by atoms with E-state index in [9.17, 15) is 4.79 Å². The molecule has 1 aliphatic heterocycles. The first-order valence-electron chi connectivity index (χ1n) is 4.95. The molecular weight excluding hydrogens is 192 g/mol. The highest BCUT2D eigenvalue weighted by atomic mass is 16.6. The predicted octanol–water partition coefficient (Wildman–Crippen LogP) is 1.28. The molecule has 1 amide bonds. The maximum absolute atomic E-state index is 11.5. The van der Waals surface area contributed by atoms with Gasteiger partial charge in [0.05, 0.1) is 6.54 Å². The van der Waals surface area contributed by atoms with Crippen molar-refractivity contribution in [3.8, 4) is 0 Å². The number of aryl methyl sites for hydroxylation is 1. The van der Waals surface area contributed by atoms with Gasteiger partial charge in [-0.2, -0.15) is 0 Å². The molecule has 2 rings (SSSR count). The lowest BCUT2D eigenvalue weighted by Crippen LogP contribution is -2.27. The lowest BCUT2D eigenvalue weighted by molar-refractivity contribution is 0.145. The number of rotatable bonds is 2. The molecule has 0 saturated carbocycles. The van der Waals surface area contributed by atoms with Crippen molar-refractivity contribution >= 4 is 11.8 Å². The van der Waals surface area contributed by atoms with Gasteiger partial charge in [0.2, 0.25) is 0 Å². The van der Waals surface area contributed by atoms with Crippen molar-refractivity contribution in [2.24, 2.45) is 5.73 Å². The Balaban J connectivity index is 2.21. The minimum absolute atomic E-state index is 0.182. The highest BCUT2D eigenvalue weighted by molar-refractivity contribution is 5.89. The van der Waals surface area contributed by atoms with Crippen LogP contribution in [0.4, 0.5) is 10.5 Å². The van der Waals surface area contributed by atoms with Crippen molar-refractivity contribution in [2.45, 2.75) is 13.0 Å². The fraction of sp³-hybridized carbons (Fsp3) is 0.364. The summed E-state index contributed by atoms with van der Waals surface area (Å²) in [6.45, 7) is 2.90. The van der Waals surface area contributed by atoms with Crippen LogP contribution >= 0.6 is 0 Å². The quantitative estimate of drug-likeness (QED) is 0.793. The van der Waals surface area contributed by atoms with Crippen LogP contribution in [0.2, 0.25) is 0 Å². The molecule has 15 heavy (non-hydrogen) atoms. The van der Waals surface area contributed by atoms with Crippen LogP contribution in [0, 0.1) is 6.92 Å². The molecule has 1 fully saturated rings. The Kier molecular flexibility index (Phi) is 2.60. The van der Waals surface area contributed by atoms with Crippen LogP contribution in [0.1, 0.15) is 5.56 Å². The lowest BCUT2D eigenvalue weighted by atomic mass is 10.2. The predicted molar refractivity (Wildman–Crippen MR) is 57.8 cm³/mol. The topological polar surface area (TPSA) is 55.6 Å². The zero-order valence-electron chi connectivity index (χ0n) is 8.64. The number of carbonyl (C=O) groups excluding carboxylic acids is 1. The smallest absolute Gasteiger partial charge is 0.414 e. The van der Waals surface area contributed by atoms with E-state index < -0.39 is 0 Å². The van der Waals surface area contributed by atoms with Gasteiger partial charge in [0.25, 0.3) is 0 Å². The molecule has 80 valence electrons. The largest absolute Gasteiger partial charge is 0.443 e. The highest BCUT2D eigenvalue weighted by Crippen LogP contribution is 2.21. The molecule has 1 saturated heterocycles. The van der Waals surface area contributed by atoms with Gasteiger partial charge in [-0.1, -0.05) is 12.1 Å². The summed E-state index contributed by atoms with van der Waals surface area (Å²) in [5.41, 5.74) is 7.46. The van der Waals surface area contributed by atoms with E-state index in [1.54, 1.807) is 4.90 Å². The molecule has 0 spiro atoms. The molecule has 0 aliphatic carbocycles. The van der Waals surface area contributed by atoms with Gasteiger partial charge in [-0.3, -0.25) is 4.90 Å². The zero-order valence-corrected chi connectivity index (χ0v) is 8.64. The van der Waals surface area contributed by atoms with Gasteiger partial charge < -0.3 is 10.5 Å². The number of amides is 1. The van der Waals surface area contributed by atoms with Crippen LogP contribution in [0.15, 0.2) is 24.3 Å². The van der Waals surface area contributed by atoms with Crippen LogP contribution in [-0.4, -0.2) is 25.3 Å². The van der Waals surface area contributed by atoms with E-state index in [0.29, 0.717) is 13.1 Å². The summed E-state index contributed by atoms with van der Waals surface area (Å²) in [6, 6.07) is 7.77. The van der Waals surface area contributed by atoms with Gasteiger partial charge in [0.15, 0.2) is 0 Å². The number of ether oxygens (including phenoxy) is 1. The van der Waals surface area contributed by atoms with E-state index >= 15 is 0 Å². The van der Waals surface area contributed by atoms with Crippen LogP contribution in [0.3, 0.4) is 0 Å². The van der Waals surface area contributed by atoms with Crippen molar-refractivity contribution in [3.63, 3.8) is 0 Å². The Morgan fingerprint density at radius 3 is 3.00 bits per heavy atom. The summed E-state index contributed by atoms with van der Waals surface area (Å²) in [7, 11) is 0. The monoisotopic (exact) mass is 206 g/mol. The van der Waals surface area contributed by atoms with E-state index in [1.807, 2.05) is 31.2 Å². The van der Waals surface area contributed by atoms with Gasteiger partial charge in [0, 0.05) is 12.2 Å². The summed E-state index contributed by atoms with van der Waals surface area (Å²) < 4.78 is 5.08. The second kappa shape index (κ2) is 3.90. The molecule has 0 unspecified atom stereocenters. The lowest BCUT2D eigenvalue weighted by Gasteiger charge is -2.13. The molecule has 0 aromatic heterocycles. The van der Waals surface area contributed by atoms with Crippen molar-refractivity contribution in [3.05, 3.63) is 29.8 Å². The number of cyclic esters (lactones) is 1. The molecular formula is C11H14N2O2. The molecule has 1 aromatic rings. The third-order valence-corrected chi connectivity index (χ3v) is 2.45.